The van der Waals surface area contributed by atoms with Gasteiger partial charge in [-0.25, -0.2) is 9.78 Å². The number of hydrogen-bond donors (Lipinski definition) is 0. The summed E-state index contributed by atoms with van der Waals surface area (Å²) in [6, 6.07) is 0. The Morgan fingerprint density at radius 3 is 2.57 bits per heavy atom. The van der Waals surface area contributed by atoms with Crippen molar-refractivity contribution in [1.82, 2.24) is 19.3 Å². The van der Waals surface area contributed by atoms with Gasteiger partial charge >= 0.3 is 6.09 Å². The Labute approximate surface area is 174 Å². The second kappa shape index (κ2) is 8.27. The summed E-state index contributed by atoms with van der Waals surface area (Å²) < 4.78 is 14.1. The maximum atomic E-state index is 12.4. The highest BCUT2D eigenvalue weighted by Crippen LogP contribution is 2.30. The first kappa shape index (κ1) is 20.9. The number of aromatic nitrogens is 3. The average Bonchev–Trinajstić information content (AvgIpc) is 3.04. The van der Waals surface area contributed by atoms with Crippen LogP contribution in [0.5, 0.6) is 5.88 Å². The van der Waals surface area contributed by atoms with Crippen molar-refractivity contribution in [1.29, 1.82) is 0 Å². The number of amides is 1. The van der Waals surface area contributed by atoms with Crippen LogP contribution in [-0.2, 0) is 4.74 Å². The number of likely N-dealkylation sites (tertiary alicyclic amines) is 1. The van der Waals surface area contributed by atoms with E-state index in [1.165, 1.54) is 0 Å². The quantitative estimate of drug-likeness (QED) is 0.652. The summed E-state index contributed by atoms with van der Waals surface area (Å²) in [4.78, 5) is 23.4. The van der Waals surface area contributed by atoms with Gasteiger partial charge in [-0.15, -0.1) is 0 Å². The normalized spacial score (nSPS) is 16.0. The van der Waals surface area contributed by atoms with Crippen LogP contribution in [0.25, 0.3) is 5.78 Å². The van der Waals surface area contributed by atoms with Crippen molar-refractivity contribution in [2.24, 2.45) is 0 Å². The summed E-state index contributed by atoms with van der Waals surface area (Å²) in [5, 5.41) is 0. The molecular weight excluding hydrogens is 424 g/mol. The predicted octanol–water partition coefficient (Wildman–Crippen LogP) is 4.78. The molecule has 0 N–H and O–H groups in total. The fourth-order valence-corrected chi connectivity index (χ4v) is 3.54. The van der Waals surface area contributed by atoms with Gasteiger partial charge in [0.15, 0.2) is 0 Å². The van der Waals surface area contributed by atoms with E-state index in [-0.39, 0.29) is 12.2 Å². The van der Waals surface area contributed by atoms with Crippen molar-refractivity contribution in [2.75, 3.05) is 13.1 Å². The van der Waals surface area contributed by atoms with Crippen molar-refractivity contribution < 1.29 is 14.3 Å². The molecule has 1 amide bonds. The molecule has 0 aliphatic carbocycles. The van der Waals surface area contributed by atoms with Crippen LogP contribution in [0.2, 0.25) is 0 Å². The SMILES string of the molecule is CCC(C)(C)OC(=O)N1CCC(c2cn3cc(Br)c(OC(C)C)nc3n2)CC1. The summed E-state index contributed by atoms with van der Waals surface area (Å²) in [5.74, 6) is 1.48. The lowest BCUT2D eigenvalue weighted by molar-refractivity contribution is 0.00744. The van der Waals surface area contributed by atoms with Gasteiger partial charge in [-0.1, -0.05) is 6.92 Å². The Balaban J connectivity index is 1.67. The second-order valence-corrected chi connectivity index (χ2v) is 9.03. The van der Waals surface area contributed by atoms with E-state index in [2.05, 4.69) is 20.9 Å². The smallest absolute Gasteiger partial charge is 0.410 e. The fourth-order valence-electron chi connectivity index (χ4n) is 3.14. The van der Waals surface area contributed by atoms with Gasteiger partial charge in [0.05, 0.1) is 16.3 Å². The summed E-state index contributed by atoms with van der Waals surface area (Å²) >= 11 is 3.51. The van der Waals surface area contributed by atoms with Gasteiger partial charge in [-0.05, 0) is 62.9 Å². The maximum absolute atomic E-state index is 12.4. The second-order valence-electron chi connectivity index (χ2n) is 8.18. The van der Waals surface area contributed by atoms with Crippen LogP contribution in [0, 0.1) is 0 Å². The Morgan fingerprint density at radius 2 is 1.96 bits per heavy atom. The number of hydrogen-bond acceptors (Lipinski definition) is 5. The minimum absolute atomic E-state index is 0.0439. The summed E-state index contributed by atoms with van der Waals surface area (Å²) in [6.45, 7) is 11.2. The monoisotopic (exact) mass is 452 g/mol. The minimum Gasteiger partial charge on any atom is -0.474 e. The number of fused-ring (bicyclic) bond motifs is 1. The lowest BCUT2D eigenvalue weighted by atomic mass is 9.94. The number of carbonyl (C=O) groups excluding carboxylic acids is 1. The molecule has 0 bridgehead atoms. The van der Waals surface area contributed by atoms with Gasteiger partial charge in [0.1, 0.15) is 5.60 Å². The number of halogens is 1. The average molecular weight is 453 g/mol. The maximum Gasteiger partial charge on any atom is 0.410 e. The third kappa shape index (κ3) is 4.77. The molecule has 3 rings (SSSR count). The van der Waals surface area contributed by atoms with Crippen LogP contribution in [0.4, 0.5) is 4.79 Å². The summed E-state index contributed by atoms with van der Waals surface area (Å²) in [7, 11) is 0. The molecule has 2 aromatic rings. The zero-order valence-corrected chi connectivity index (χ0v) is 18.8. The third-order valence-electron chi connectivity index (χ3n) is 5.12. The zero-order chi connectivity index (χ0) is 20.5. The van der Waals surface area contributed by atoms with E-state index in [4.69, 9.17) is 14.5 Å². The van der Waals surface area contributed by atoms with Crippen molar-refractivity contribution in [3.05, 3.63) is 22.6 Å². The van der Waals surface area contributed by atoms with Crippen molar-refractivity contribution in [2.45, 2.75) is 71.5 Å². The Bertz CT molecular complexity index is 841. The summed E-state index contributed by atoms with van der Waals surface area (Å²) in [6.07, 6.45) is 6.29. The molecule has 1 aliphatic heterocycles. The molecule has 0 radical (unpaired) electrons. The van der Waals surface area contributed by atoms with E-state index in [0.717, 1.165) is 29.4 Å². The van der Waals surface area contributed by atoms with Gasteiger partial charge in [0.2, 0.25) is 11.7 Å². The van der Waals surface area contributed by atoms with Crippen LogP contribution in [0.15, 0.2) is 16.9 Å². The van der Waals surface area contributed by atoms with Crippen LogP contribution in [0.3, 0.4) is 0 Å². The third-order valence-corrected chi connectivity index (χ3v) is 5.67. The van der Waals surface area contributed by atoms with Crippen LogP contribution >= 0.6 is 15.9 Å². The molecule has 0 unspecified atom stereocenters. The molecule has 2 aromatic heterocycles. The van der Waals surface area contributed by atoms with Gasteiger partial charge in [-0.2, -0.15) is 4.98 Å². The first-order chi connectivity index (χ1) is 13.2. The van der Waals surface area contributed by atoms with Crippen LogP contribution in [0.1, 0.15) is 65.5 Å². The molecule has 0 saturated carbocycles. The molecule has 1 fully saturated rings. The van der Waals surface area contributed by atoms with Gasteiger partial charge in [0.25, 0.3) is 0 Å². The highest BCUT2D eigenvalue weighted by atomic mass is 79.9. The predicted molar refractivity (Wildman–Crippen MR) is 111 cm³/mol. The van der Waals surface area contributed by atoms with E-state index in [9.17, 15) is 4.79 Å². The molecule has 0 aromatic carbocycles. The van der Waals surface area contributed by atoms with Gasteiger partial charge in [-0.3, -0.25) is 4.40 Å². The zero-order valence-electron chi connectivity index (χ0n) is 17.2. The summed E-state index contributed by atoms with van der Waals surface area (Å²) in [5.41, 5.74) is 0.577. The number of imidazole rings is 1. The number of rotatable bonds is 5. The minimum atomic E-state index is -0.426. The van der Waals surface area contributed by atoms with E-state index in [1.807, 2.05) is 51.4 Å². The standard InChI is InChI=1S/C20H29BrN4O3/c1-6-20(4,5)28-19(26)24-9-7-14(8-10-24)16-12-25-11-15(21)17(27-13(2)3)23-18(25)22-16/h11-14H,6-10H2,1-5H3. The molecule has 154 valence electrons. The van der Waals surface area contributed by atoms with Crippen LogP contribution in [-0.4, -0.2) is 50.2 Å². The molecule has 0 spiro atoms. The first-order valence-corrected chi connectivity index (χ1v) is 10.7. The highest BCUT2D eigenvalue weighted by Gasteiger charge is 2.29. The first-order valence-electron chi connectivity index (χ1n) is 9.88. The topological polar surface area (TPSA) is 69.0 Å². The molecule has 0 atom stereocenters. The van der Waals surface area contributed by atoms with E-state index < -0.39 is 5.60 Å². The lowest BCUT2D eigenvalue weighted by Crippen LogP contribution is -2.42. The van der Waals surface area contributed by atoms with Crippen molar-refractivity contribution in [3.8, 4) is 5.88 Å². The van der Waals surface area contributed by atoms with E-state index in [1.54, 1.807) is 4.90 Å². The molecule has 1 aliphatic rings. The molecule has 8 heteroatoms. The Kier molecular flexibility index (Phi) is 6.17. The van der Waals surface area contributed by atoms with E-state index in [0.29, 0.717) is 30.7 Å². The number of carbonyl (C=O) groups is 1. The lowest BCUT2D eigenvalue weighted by Gasteiger charge is -2.33. The van der Waals surface area contributed by atoms with Crippen molar-refractivity contribution >= 4 is 27.8 Å². The Morgan fingerprint density at radius 1 is 1.29 bits per heavy atom. The Hall–Kier alpha value is -1.83. The number of ether oxygens (including phenoxy) is 2. The van der Waals surface area contributed by atoms with Crippen molar-refractivity contribution in [3.63, 3.8) is 0 Å². The van der Waals surface area contributed by atoms with E-state index >= 15 is 0 Å². The number of nitrogens with zero attached hydrogens (tertiary/aromatic N) is 4. The molecule has 3 heterocycles. The fraction of sp³-hybridized carbons (Fsp3) is 0.650. The molecule has 7 nitrogen and oxygen atoms in total. The molecule has 1 saturated heterocycles. The molecule has 28 heavy (non-hydrogen) atoms. The molecular formula is C20H29BrN4O3. The largest absolute Gasteiger partial charge is 0.474 e. The van der Waals surface area contributed by atoms with Gasteiger partial charge in [0, 0.05) is 31.4 Å². The highest BCUT2D eigenvalue weighted by molar-refractivity contribution is 9.10. The number of piperidine rings is 1. The van der Waals surface area contributed by atoms with Gasteiger partial charge < -0.3 is 14.4 Å². The van der Waals surface area contributed by atoms with Crippen LogP contribution < -0.4 is 4.74 Å².